The van der Waals surface area contributed by atoms with Crippen molar-refractivity contribution in [3.8, 4) is 0 Å². The second-order valence-electron chi connectivity index (χ2n) is 5.14. The van der Waals surface area contributed by atoms with Gasteiger partial charge < -0.3 is 19.8 Å². The zero-order valence-electron chi connectivity index (χ0n) is 11.2. The van der Waals surface area contributed by atoms with Crippen molar-refractivity contribution in [2.45, 2.75) is 38.3 Å². The number of rotatable bonds is 4. The molecule has 1 saturated carbocycles. The van der Waals surface area contributed by atoms with E-state index in [9.17, 15) is 9.90 Å². The Morgan fingerprint density at radius 3 is 3.05 bits per heavy atom. The van der Waals surface area contributed by atoms with E-state index in [4.69, 9.17) is 4.52 Å². The Morgan fingerprint density at radius 1 is 1.58 bits per heavy atom. The molecule has 1 fully saturated rings. The van der Waals surface area contributed by atoms with Gasteiger partial charge in [-0.3, -0.25) is 0 Å². The Kier molecular flexibility index (Phi) is 4.79. The molecule has 0 radical (unpaired) electrons. The van der Waals surface area contributed by atoms with Crippen LogP contribution in [-0.2, 0) is 6.54 Å². The lowest BCUT2D eigenvalue weighted by Crippen LogP contribution is -2.42. The number of aliphatic hydroxyl groups excluding tert-OH is 1. The predicted octanol–water partition coefficient (Wildman–Crippen LogP) is 1.37. The van der Waals surface area contributed by atoms with Crippen LogP contribution in [0.15, 0.2) is 16.9 Å². The largest absolute Gasteiger partial charge is 0.393 e. The van der Waals surface area contributed by atoms with E-state index in [0.29, 0.717) is 18.8 Å². The zero-order valence-corrected chi connectivity index (χ0v) is 11.2. The van der Waals surface area contributed by atoms with Crippen LogP contribution in [0.2, 0.25) is 0 Å². The molecule has 1 aromatic heterocycles. The van der Waals surface area contributed by atoms with Crippen molar-refractivity contribution < 1.29 is 14.4 Å². The Morgan fingerprint density at radius 2 is 2.37 bits per heavy atom. The van der Waals surface area contributed by atoms with E-state index in [2.05, 4.69) is 10.5 Å². The van der Waals surface area contributed by atoms with Gasteiger partial charge in [0.15, 0.2) is 0 Å². The molecule has 106 valence electrons. The van der Waals surface area contributed by atoms with E-state index >= 15 is 0 Å². The molecule has 1 aromatic rings. The van der Waals surface area contributed by atoms with E-state index in [1.54, 1.807) is 18.0 Å². The lowest BCUT2D eigenvalue weighted by Gasteiger charge is -2.31. The maximum absolute atomic E-state index is 11.9. The van der Waals surface area contributed by atoms with Crippen molar-refractivity contribution in [1.29, 1.82) is 0 Å². The van der Waals surface area contributed by atoms with Crippen LogP contribution in [0.5, 0.6) is 0 Å². The topological polar surface area (TPSA) is 78.6 Å². The smallest absolute Gasteiger partial charge is 0.317 e. The molecule has 1 aliphatic carbocycles. The Labute approximate surface area is 112 Å². The van der Waals surface area contributed by atoms with Crippen LogP contribution in [0.1, 0.15) is 31.4 Å². The molecule has 0 unspecified atom stereocenters. The molecular weight excluding hydrogens is 246 g/mol. The van der Waals surface area contributed by atoms with Gasteiger partial charge in [0.25, 0.3) is 0 Å². The number of carbonyl (C=O) groups excluding carboxylic acids is 1. The normalized spacial score (nSPS) is 23.1. The second-order valence-corrected chi connectivity index (χ2v) is 5.14. The summed E-state index contributed by atoms with van der Waals surface area (Å²) in [5.41, 5.74) is 0.694. The molecule has 1 heterocycles. The Hall–Kier alpha value is -1.56. The number of nitrogens with one attached hydrogen (secondary N) is 1. The number of carbonyl (C=O) groups is 1. The molecule has 0 aromatic carbocycles. The van der Waals surface area contributed by atoms with Crippen LogP contribution < -0.4 is 5.32 Å². The number of aromatic nitrogens is 1. The quantitative estimate of drug-likeness (QED) is 0.863. The van der Waals surface area contributed by atoms with E-state index in [1.807, 2.05) is 0 Å². The summed E-state index contributed by atoms with van der Waals surface area (Å²) in [6, 6.07) is 1.56. The lowest BCUT2D eigenvalue weighted by atomic mass is 9.86. The molecule has 2 amide bonds. The van der Waals surface area contributed by atoms with Crippen molar-refractivity contribution >= 4 is 6.03 Å². The summed E-state index contributed by atoms with van der Waals surface area (Å²) < 4.78 is 4.69. The summed E-state index contributed by atoms with van der Waals surface area (Å²) in [6.45, 7) is 0.943. The third-order valence-electron chi connectivity index (χ3n) is 3.64. The fourth-order valence-corrected chi connectivity index (χ4v) is 2.47. The van der Waals surface area contributed by atoms with Crippen molar-refractivity contribution in [1.82, 2.24) is 15.4 Å². The highest BCUT2D eigenvalue weighted by Gasteiger charge is 2.25. The number of hydrogen-bond acceptors (Lipinski definition) is 4. The fraction of sp³-hybridized carbons (Fsp3) is 0.692. The predicted molar refractivity (Wildman–Crippen MR) is 69.3 cm³/mol. The van der Waals surface area contributed by atoms with Crippen molar-refractivity contribution in [2.75, 3.05) is 13.6 Å². The van der Waals surface area contributed by atoms with Crippen molar-refractivity contribution in [3.63, 3.8) is 0 Å². The van der Waals surface area contributed by atoms with Gasteiger partial charge in [0, 0.05) is 25.6 Å². The van der Waals surface area contributed by atoms with Crippen LogP contribution in [0, 0.1) is 5.92 Å². The SMILES string of the molecule is CN(C[C@@H]1CCCC[C@@H]1O)C(=O)NCc1ccon1. The number of amides is 2. The van der Waals surface area contributed by atoms with Gasteiger partial charge in [-0.1, -0.05) is 18.0 Å². The van der Waals surface area contributed by atoms with Crippen molar-refractivity contribution in [3.05, 3.63) is 18.0 Å². The highest BCUT2D eigenvalue weighted by molar-refractivity contribution is 5.73. The van der Waals surface area contributed by atoms with Gasteiger partial charge >= 0.3 is 6.03 Å². The molecule has 2 rings (SSSR count). The first-order valence-corrected chi connectivity index (χ1v) is 6.73. The highest BCUT2D eigenvalue weighted by Crippen LogP contribution is 2.24. The molecule has 0 bridgehead atoms. The van der Waals surface area contributed by atoms with E-state index in [1.165, 1.54) is 6.26 Å². The molecule has 0 saturated heterocycles. The first kappa shape index (κ1) is 13.9. The standard InChI is InChI=1S/C13H21N3O3/c1-16(9-10-4-2-3-5-12(10)17)13(18)14-8-11-6-7-19-15-11/h6-7,10,12,17H,2-5,8-9H2,1H3,(H,14,18)/t10-,12-/m0/s1. The summed E-state index contributed by atoms with van der Waals surface area (Å²) >= 11 is 0. The third-order valence-corrected chi connectivity index (χ3v) is 3.64. The van der Waals surface area contributed by atoms with Crippen molar-refractivity contribution in [2.24, 2.45) is 5.92 Å². The Bertz CT molecular complexity index is 394. The van der Waals surface area contributed by atoms with E-state index < -0.39 is 0 Å². The minimum atomic E-state index is -0.278. The van der Waals surface area contributed by atoms with Gasteiger partial charge in [-0.2, -0.15) is 0 Å². The zero-order chi connectivity index (χ0) is 13.7. The number of urea groups is 1. The first-order chi connectivity index (χ1) is 9.16. The minimum absolute atomic E-state index is 0.152. The molecule has 1 aliphatic rings. The summed E-state index contributed by atoms with van der Waals surface area (Å²) in [4.78, 5) is 13.5. The number of nitrogens with zero attached hydrogens (tertiary/aromatic N) is 2. The van der Waals surface area contributed by atoms with Gasteiger partial charge in [-0.15, -0.1) is 0 Å². The minimum Gasteiger partial charge on any atom is -0.393 e. The molecule has 6 heteroatoms. The average Bonchev–Trinajstić information content (AvgIpc) is 2.91. The van der Waals surface area contributed by atoms with Crippen LogP contribution >= 0.6 is 0 Å². The van der Waals surface area contributed by atoms with Gasteiger partial charge in [0.2, 0.25) is 0 Å². The van der Waals surface area contributed by atoms with Crippen LogP contribution in [0.4, 0.5) is 4.79 Å². The maximum Gasteiger partial charge on any atom is 0.317 e. The average molecular weight is 267 g/mol. The van der Waals surface area contributed by atoms with Gasteiger partial charge in [0.1, 0.15) is 12.0 Å². The molecular formula is C13H21N3O3. The van der Waals surface area contributed by atoms with Crippen LogP contribution in [0.3, 0.4) is 0 Å². The van der Waals surface area contributed by atoms with Gasteiger partial charge in [-0.25, -0.2) is 4.79 Å². The summed E-state index contributed by atoms with van der Waals surface area (Å²) in [6.07, 6.45) is 5.25. The monoisotopic (exact) mass is 267 g/mol. The summed E-state index contributed by atoms with van der Waals surface area (Å²) in [5, 5.41) is 16.4. The highest BCUT2D eigenvalue weighted by atomic mass is 16.5. The molecule has 19 heavy (non-hydrogen) atoms. The number of aliphatic hydroxyl groups is 1. The molecule has 2 atom stereocenters. The maximum atomic E-state index is 11.9. The third kappa shape index (κ3) is 3.96. The Balaban J connectivity index is 1.75. The molecule has 6 nitrogen and oxygen atoms in total. The summed E-state index contributed by atoms with van der Waals surface area (Å²) in [5.74, 6) is 0.191. The lowest BCUT2D eigenvalue weighted by molar-refractivity contribution is 0.0564. The molecule has 0 aliphatic heterocycles. The number of hydrogen-bond donors (Lipinski definition) is 2. The van der Waals surface area contributed by atoms with Gasteiger partial charge in [-0.05, 0) is 12.8 Å². The first-order valence-electron chi connectivity index (χ1n) is 6.73. The molecule has 0 spiro atoms. The van der Waals surface area contributed by atoms with Crippen LogP contribution in [0.25, 0.3) is 0 Å². The fourth-order valence-electron chi connectivity index (χ4n) is 2.47. The molecule has 2 N–H and O–H groups in total. The summed E-state index contributed by atoms with van der Waals surface area (Å²) in [7, 11) is 1.75. The van der Waals surface area contributed by atoms with E-state index in [0.717, 1.165) is 25.7 Å². The second kappa shape index (κ2) is 6.56. The van der Waals surface area contributed by atoms with Gasteiger partial charge in [0.05, 0.1) is 12.6 Å². The van der Waals surface area contributed by atoms with Crippen LogP contribution in [-0.4, -0.2) is 40.9 Å². The van der Waals surface area contributed by atoms with E-state index in [-0.39, 0.29) is 18.1 Å².